The molecule has 0 unspecified atom stereocenters. The molecule has 6 rings (SSSR count). The molecule has 0 aromatic heterocycles. The largest absolute Gasteiger partial charge is 0.432 e. The summed E-state index contributed by atoms with van der Waals surface area (Å²) in [5, 5.41) is 0. The number of benzene rings is 6. The Kier molecular flexibility index (Phi) is 11.6. The van der Waals surface area contributed by atoms with Gasteiger partial charge >= 0.3 is 6.11 Å². The average Bonchev–Trinajstić information content (AvgIpc) is 3.10. The SMILES string of the molecule is Cc1ccc(-c2cc(F)c(CF)c(F)c2)cc1.FOc1ccc(-c2cc(F)c(C(F)(F)Oc3ccc(-c4cc(F)c(F)c(F)c4)c(F)c3)c(F)c2)c(F)c1. The van der Waals surface area contributed by atoms with Gasteiger partial charge < -0.3 is 4.74 Å². The van der Waals surface area contributed by atoms with Crippen LogP contribution in [0.25, 0.3) is 33.4 Å². The van der Waals surface area contributed by atoms with Gasteiger partial charge in [-0.05, 0) is 89.8 Å². The summed E-state index contributed by atoms with van der Waals surface area (Å²) in [7, 11) is 0. The van der Waals surface area contributed by atoms with E-state index in [1.807, 2.05) is 19.1 Å². The van der Waals surface area contributed by atoms with E-state index < -0.39 is 110 Å². The lowest BCUT2D eigenvalue weighted by Crippen LogP contribution is -2.25. The van der Waals surface area contributed by atoms with Crippen LogP contribution in [0.2, 0.25) is 0 Å². The lowest BCUT2D eigenvalue weighted by atomic mass is 10.0. The van der Waals surface area contributed by atoms with Crippen molar-refractivity contribution < 1.29 is 66.9 Å². The lowest BCUT2D eigenvalue weighted by Gasteiger charge is -2.20. The highest BCUT2D eigenvalue weighted by molar-refractivity contribution is 5.67. The molecule has 0 atom stereocenters. The van der Waals surface area contributed by atoms with Gasteiger partial charge in [0, 0.05) is 27.8 Å². The first-order valence-electron chi connectivity index (χ1n) is 15.2. The predicted molar refractivity (Wildman–Crippen MR) is 171 cm³/mol. The number of hydrogen-bond donors (Lipinski definition) is 0. The van der Waals surface area contributed by atoms with Gasteiger partial charge in [0.05, 0.1) is 5.56 Å². The Hall–Kier alpha value is -5.99. The Bertz CT molecular complexity index is 2260. The first-order valence-corrected chi connectivity index (χ1v) is 15.2. The summed E-state index contributed by atoms with van der Waals surface area (Å²) < 4.78 is 183. The van der Waals surface area contributed by atoms with Gasteiger partial charge in [0.1, 0.15) is 52.9 Å². The fraction of sp³-hybridized carbons (Fsp3) is 0.0769. The molecule has 6 aromatic rings. The number of hydrogen-bond acceptors (Lipinski definition) is 2. The molecule has 0 radical (unpaired) electrons. The van der Waals surface area contributed by atoms with Crippen molar-refractivity contribution in [3.63, 3.8) is 0 Å². The van der Waals surface area contributed by atoms with Crippen LogP contribution in [0.3, 0.4) is 0 Å². The third-order valence-electron chi connectivity index (χ3n) is 7.81. The zero-order chi connectivity index (χ0) is 39.5. The molecule has 0 bridgehead atoms. The second-order valence-corrected chi connectivity index (χ2v) is 11.5. The van der Waals surface area contributed by atoms with E-state index in [-0.39, 0.29) is 0 Å². The normalized spacial score (nSPS) is 11.2. The van der Waals surface area contributed by atoms with Crippen LogP contribution in [0, 0.1) is 59.3 Å². The molecule has 54 heavy (non-hydrogen) atoms. The number of aryl methyl sites for hydroxylation is 1. The van der Waals surface area contributed by atoms with Gasteiger partial charge in [0.15, 0.2) is 23.2 Å². The summed E-state index contributed by atoms with van der Waals surface area (Å²) in [4.78, 5) is 3.33. The zero-order valence-electron chi connectivity index (χ0n) is 27.2. The Labute approximate surface area is 297 Å². The van der Waals surface area contributed by atoms with Crippen LogP contribution in [0.1, 0.15) is 16.7 Å². The van der Waals surface area contributed by atoms with Crippen molar-refractivity contribution in [2.75, 3.05) is 0 Å². The molecule has 0 aliphatic heterocycles. The van der Waals surface area contributed by atoms with Crippen molar-refractivity contribution in [3.8, 4) is 44.9 Å². The molecule has 2 nitrogen and oxygen atoms in total. The number of rotatable bonds is 8. The van der Waals surface area contributed by atoms with Gasteiger partial charge in [-0.2, -0.15) is 8.78 Å². The minimum atomic E-state index is -4.71. The van der Waals surface area contributed by atoms with E-state index in [0.29, 0.717) is 47.5 Å². The van der Waals surface area contributed by atoms with Crippen molar-refractivity contribution in [2.45, 2.75) is 19.7 Å². The predicted octanol–water partition coefficient (Wildman–Crippen LogP) is 12.8. The van der Waals surface area contributed by atoms with Gasteiger partial charge in [-0.25, -0.2) is 43.9 Å². The molecule has 0 amide bonds. The Morgan fingerprint density at radius 2 is 0.926 bits per heavy atom. The van der Waals surface area contributed by atoms with Gasteiger partial charge in [-0.15, -0.1) is 0 Å². The molecule has 280 valence electrons. The molecule has 0 saturated carbocycles. The van der Waals surface area contributed by atoms with E-state index >= 15 is 0 Å². The Morgan fingerprint density at radius 3 is 1.39 bits per heavy atom. The maximum atomic E-state index is 14.7. The molecular formula is C39H21F13O2. The van der Waals surface area contributed by atoms with Gasteiger partial charge in [-0.3, -0.25) is 4.94 Å². The summed E-state index contributed by atoms with van der Waals surface area (Å²) in [6.45, 7) is 0.795. The highest BCUT2D eigenvalue weighted by Gasteiger charge is 2.41. The lowest BCUT2D eigenvalue weighted by molar-refractivity contribution is -0.189. The van der Waals surface area contributed by atoms with Crippen LogP contribution < -0.4 is 9.68 Å². The minimum Gasteiger partial charge on any atom is -0.429 e. The molecule has 0 heterocycles. The summed E-state index contributed by atoms with van der Waals surface area (Å²) in [6.07, 6.45) is -4.71. The third-order valence-corrected chi connectivity index (χ3v) is 7.81. The average molecular weight is 769 g/mol. The van der Waals surface area contributed by atoms with E-state index in [1.165, 1.54) is 0 Å². The maximum absolute atomic E-state index is 14.7. The molecule has 0 spiro atoms. The summed E-state index contributed by atoms with van der Waals surface area (Å²) in [5.74, 6) is -14.4. The fourth-order valence-electron chi connectivity index (χ4n) is 5.13. The molecule has 0 saturated heterocycles. The quantitative estimate of drug-likeness (QED) is 0.113. The second-order valence-electron chi connectivity index (χ2n) is 11.5. The van der Waals surface area contributed by atoms with E-state index in [0.717, 1.165) is 42.0 Å². The standard InChI is InChI=1S/C25H10F10O2.C14H11F3/c26-17-9-13(1-3-15(17)12-7-21(30)24(32)22(31)8-12)36-25(33,34)23-19(28)5-11(6-20(23)29)16-4-2-14(37-35)10-18(16)27;1-9-2-4-10(5-3-9)11-6-13(16)12(8-15)14(17)7-11/h1-10H;2-7H,8H2,1H3. The molecule has 0 fully saturated rings. The van der Waals surface area contributed by atoms with Crippen molar-refractivity contribution in [3.05, 3.63) is 166 Å². The van der Waals surface area contributed by atoms with Crippen molar-refractivity contribution >= 4 is 0 Å². The summed E-state index contributed by atoms with van der Waals surface area (Å²) in [5.41, 5.74) is -2.15. The van der Waals surface area contributed by atoms with Crippen LogP contribution in [0.5, 0.6) is 11.5 Å². The van der Waals surface area contributed by atoms with Crippen LogP contribution in [-0.4, -0.2) is 0 Å². The molecule has 0 aliphatic rings. The number of alkyl halides is 3. The van der Waals surface area contributed by atoms with E-state index in [4.69, 9.17) is 0 Å². The van der Waals surface area contributed by atoms with Gasteiger partial charge in [0.25, 0.3) is 0 Å². The van der Waals surface area contributed by atoms with Crippen LogP contribution >= 0.6 is 0 Å². The van der Waals surface area contributed by atoms with E-state index in [1.54, 1.807) is 12.1 Å². The Morgan fingerprint density at radius 1 is 0.481 bits per heavy atom. The van der Waals surface area contributed by atoms with Gasteiger partial charge in [0.2, 0.25) is 0 Å². The fourth-order valence-corrected chi connectivity index (χ4v) is 5.13. The number of ether oxygens (including phenoxy) is 1. The first-order chi connectivity index (χ1) is 25.5. The minimum absolute atomic E-state index is 0.358. The summed E-state index contributed by atoms with van der Waals surface area (Å²) >= 11 is 0. The van der Waals surface area contributed by atoms with Crippen molar-refractivity contribution in [1.29, 1.82) is 0 Å². The summed E-state index contributed by atoms with van der Waals surface area (Å²) in [6, 6.07) is 15.5. The Balaban J connectivity index is 0.000000274. The topological polar surface area (TPSA) is 18.5 Å². The van der Waals surface area contributed by atoms with Crippen LogP contribution in [-0.2, 0) is 12.8 Å². The van der Waals surface area contributed by atoms with Crippen molar-refractivity contribution in [2.24, 2.45) is 0 Å². The highest BCUT2D eigenvalue weighted by atomic mass is 19.3. The van der Waals surface area contributed by atoms with Crippen LogP contribution in [0.4, 0.5) is 57.2 Å². The van der Waals surface area contributed by atoms with E-state index in [9.17, 15) is 57.2 Å². The molecular weight excluding hydrogens is 747 g/mol. The first kappa shape index (κ1) is 39.2. The molecule has 0 N–H and O–H groups in total. The van der Waals surface area contributed by atoms with Gasteiger partial charge in [-0.1, -0.05) is 29.8 Å². The van der Waals surface area contributed by atoms with E-state index in [2.05, 4.69) is 9.68 Å². The third kappa shape index (κ3) is 8.45. The highest BCUT2D eigenvalue weighted by Crippen LogP contribution is 2.39. The molecule has 6 aromatic carbocycles. The zero-order valence-corrected chi connectivity index (χ0v) is 27.2. The van der Waals surface area contributed by atoms with Crippen molar-refractivity contribution in [1.82, 2.24) is 0 Å². The maximum Gasteiger partial charge on any atom is 0.432 e. The molecule has 15 heteroatoms. The second kappa shape index (κ2) is 15.9. The smallest absolute Gasteiger partial charge is 0.429 e. The molecule has 0 aliphatic carbocycles. The number of halogens is 13. The monoisotopic (exact) mass is 768 g/mol. The van der Waals surface area contributed by atoms with Crippen LogP contribution in [0.15, 0.2) is 97.1 Å².